The molecule has 0 amide bonds. The quantitative estimate of drug-likeness (QED) is 0.654. The zero-order valence-corrected chi connectivity index (χ0v) is 8.79. The van der Waals surface area contributed by atoms with Crippen molar-refractivity contribution in [2.75, 3.05) is 6.61 Å². The monoisotopic (exact) mass is 188 g/mol. The first-order valence-electron chi connectivity index (χ1n) is 5.23. The Labute approximate surface area is 85.4 Å². The summed E-state index contributed by atoms with van der Waals surface area (Å²) in [4.78, 5) is 0. The van der Waals surface area contributed by atoms with Crippen LogP contribution in [0.4, 0.5) is 0 Å². The maximum absolute atomic E-state index is 5.68. The van der Waals surface area contributed by atoms with Crippen molar-refractivity contribution in [3.63, 3.8) is 0 Å². The number of rotatable bonds is 1. The summed E-state index contributed by atoms with van der Waals surface area (Å²) in [5, 5.41) is 0. The van der Waals surface area contributed by atoms with Crippen molar-refractivity contribution < 1.29 is 4.74 Å². The van der Waals surface area contributed by atoms with Crippen LogP contribution < -0.4 is 0 Å². The van der Waals surface area contributed by atoms with Gasteiger partial charge in [0.25, 0.3) is 0 Å². The van der Waals surface area contributed by atoms with E-state index in [4.69, 9.17) is 4.74 Å². The first-order valence-corrected chi connectivity index (χ1v) is 5.23. The van der Waals surface area contributed by atoms with Gasteiger partial charge in [0, 0.05) is 0 Å². The van der Waals surface area contributed by atoms with Gasteiger partial charge in [-0.3, -0.25) is 0 Å². The third kappa shape index (κ3) is 1.60. The molecule has 14 heavy (non-hydrogen) atoms. The summed E-state index contributed by atoms with van der Waals surface area (Å²) in [6, 6.07) is 8.53. The Morgan fingerprint density at radius 3 is 2.93 bits per heavy atom. The summed E-state index contributed by atoms with van der Waals surface area (Å²) in [6.45, 7) is 5.04. The molecule has 0 saturated heterocycles. The highest BCUT2D eigenvalue weighted by molar-refractivity contribution is 5.69. The molecule has 0 unspecified atom stereocenters. The van der Waals surface area contributed by atoms with Crippen LogP contribution in [-0.2, 0) is 4.74 Å². The van der Waals surface area contributed by atoms with Crippen LogP contribution in [0.15, 0.2) is 30.3 Å². The Bertz CT molecular complexity index is 352. The molecule has 0 aliphatic carbocycles. The number of benzene rings is 1. The summed E-state index contributed by atoms with van der Waals surface area (Å²) in [7, 11) is 0. The molecule has 0 aromatic heterocycles. The molecule has 0 saturated carbocycles. The van der Waals surface area contributed by atoms with Crippen molar-refractivity contribution in [2.45, 2.75) is 26.4 Å². The van der Waals surface area contributed by atoms with Crippen LogP contribution in [-0.4, -0.2) is 6.61 Å². The van der Waals surface area contributed by atoms with Crippen molar-refractivity contribution in [1.29, 1.82) is 0 Å². The molecule has 1 atom stereocenters. The molecule has 2 rings (SSSR count). The van der Waals surface area contributed by atoms with Gasteiger partial charge in [0.2, 0.25) is 0 Å². The SMILES string of the molecule is CCC1=CCO[C@H](C)c2ccccc21. The molecule has 0 fully saturated rings. The number of ether oxygens (including phenoxy) is 1. The van der Waals surface area contributed by atoms with Gasteiger partial charge in [-0.05, 0) is 30.0 Å². The Morgan fingerprint density at radius 1 is 1.36 bits per heavy atom. The van der Waals surface area contributed by atoms with Gasteiger partial charge in [-0.2, -0.15) is 0 Å². The lowest BCUT2D eigenvalue weighted by atomic mass is 9.96. The first kappa shape index (κ1) is 9.47. The average molecular weight is 188 g/mol. The fourth-order valence-corrected chi connectivity index (χ4v) is 1.97. The van der Waals surface area contributed by atoms with E-state index in [0.29, 0.717) is 0 Å². The van der Waals surface area contributed by atoms with Crippen molar-refractivity contribution in [1.82, 2.24) is 0 Å². The molecule has 0 bridgehead atoms. The lowest BCUT2D eigenvalue weighted by molar-refractivity contribution is 0.0902. The Balaban J connectivity index is 2.51. The molecule has 1 heteroatoms. The van der Waals surface area contributed by atoms with E-state index >= 15 is 0 Å². The number of allylic oxidation sites excluding steroid dienone is 1. The summed E-state index contributed by atoms with van der Waals surface area (Å²) in [5.74, 6) is 0. The highest BCUT2D eigenvalue weighted by Crippen LogP contribution is 2.30. The van der Waals surface area contributed by atoms with Crippen molar-refractivity contribution >= 4 is 5.57 Å². The third-order valence-electron chi connectivity index (χ3n) is 2.80. The maximum atomic E-state index is 5.68. The van der Waals surface area contributed by atoms with Gasteiger partial charge in [0.1, 0.15) is 0 Å². The smallest absolute Gasteiger partial charge is 0.0806 e. The molecule has 1 heterocycles. The molecular weight excluding hydrogens is 172 g/mol. The molecule has 0 radical (unpaired) electrons. The first-order chi connectivity index (χ1) is 6.83. The fourth-order valence-electron chi connectivity index (χ4n) is 1.97. The molecule has 1 aliphatic rings. The second-order valence-corrected chi connectivity index (χ2v) is 3.65. The van der Waals surface area contributed by atoms with E-state index in [1.54, 1.807) is 0 Å². The minimum atomic E-state index is 0.214. The molecule has 1 aromatic carbocycles. The molecule has 0 N–H and O–H groups in total. The minimum Gasteiger partial charge on any atom is -0.370 e. The highest BCUT2D eigenvalue weighted by Gasteiger charge is 2.15. The van der Waals surface area contributed by atoms with Gasteiger partial charge in [-0.25, -0.2) is 0 Å². The van der Waals surface area contributed by atoms with Crippen LogP contribution in [0.3, 0.4) is 0 Å². The number of fused-ring (bicyclic) bond motifs is 1. The molecule has 1 aliphatic heterocycles. The van der Waals surface area contributed by atoms with Gasteiger partial charge in [0.15, 0.2) is 0 Å². The highest BCUT2D eigenvalue weighted by atomic mass is 16.5. The second-order valence-electron chi connectivity index (χ2n) is 3.65. The van der Waals surface area contributed by atoms with Gasteiger partial charge >= 0.3 is 0 Å². The van der Waals surface area contributed by atoms with E-state index in [1.807, 2.05) is 0 Å². The zero-order valence-electron chi connectivity index (χ0n) is 8.79. The average Bonchev–Trinajstić information content (AvgIpc) is 2.39. The van der Waals surface area contributed by atoms with Crippen LogP contribution >= 0.6 is 0 Å². The lowest BCUT2D eigenvalue weighted by Gasteiger charge is -2.13. The maximum Gasteiger partial charge on any atom is 0.0806 e. The molecular formula is C13H16O. The van der Waals surface area contributed by atoms with E-state index in [9.17, 15) is 0 Å². The molecule has 1 nitrogen and oxygen atoms in total. The van der Waals surface area contributed by atoms with E-state index in [1.165, 1.54) is 16.7 Å². The largest absolute Gasteiger partial charge is 0.370 e. The van der Waals surface area contributed by atoms with E-state index < -0.39 is 0 Å². The molecule has 1 aromatic rings. The van der Waals surface area contributed by atoms with Crippen molar-refractivity contribution in [3.05, 3.63) is 41.5 Å². The predicted molar refractivity (Wildman–Crippen MR) is 59.1 cm³/mol. The van der Waals surface area contributed by atoms with Crippen LogP contribution in [0.2, 0.25) is 0 Å². The lowest BCUT2D eigenvalue weighted by Crippen LogP contribution is -1.99. The number of hydrogen-bond donors (Lipinski definition) is 0. The van der Waals surface area contributed by atoms with Gasteiger partial charge in [0.05, 0.1) is 12.7 Å². The summed E-state index contributed by atoms with van der Waals surface area (Å²) in [5.41, 5.74) is 4.09. The van der Waals surface area contributed by atoms with Gasteiger partial charge in [-0.1, -0.05) is 37.3 Å². The molecule has 0 spiro atoms. The standard InChI is InChI=1S/C13H16O/c1-3-11-8-9-14-10(2)12-6-4-5-7-13(11)12/h4-8,10H,3,9H2,1-2H3/t10-/m1/s1. The van der Waals surface area contributed by atoms with Crippen LogP contribution in [0.1, 0.15) is 37.5 Å². The van der Waals surface area contributed by atoms with Crippen LogP contribution in [0.5, 0.6) is 0 Å². The zero-order chi connectivity index (χ0) is 9.97. The summed E-state index contributed by atoms with van der Waals surface area (Å²) < 4.78 is 5.68. The normalized spacial score (nSPS) is 21.0. The Kier molecular flexibility index (Phi) is 2.69. The van der Waals surface area contributed by atoms with Crippen molar-refractivity contribution in [2.24, 2.45) is 0 Å². The van der Waals surface area contributed by atoms with Crippen LogP contribution in [0.25, 0.3) is 5.57 Å². The second kappa shape index (κ2) is 3.97. The summed E-state index contributed by atoms with van der Waals surface area (Å²) in [6.07, 6.45) is 3.49. The van der Waals surface area contributed by atoms with E-state index in [0.717, 1.165) is 13.0 Å². The fraction of sp³-hybridized carbons (Fsp3) is 0.385. The molecule has 74 valence electrons. The topological polar surface area (TPSA) is 9.23 Å². The Morgan fingerprint density at radius 2 is 2.14 bits per heavy atom. The van der Waals surface area contributed by atoms with Gasteiger partial charge < -0.3 is 4.74 Å². The van der Waals surface area contributed by atoms with Crippen LogP contribution in [0, 0.1) is 0 Å². The predicted octanol–water partition coefficient (Wildman–Crippen LogP) is 3.57. The minimum absolute atomic E-state index is 0.214. The van der Waals surface area contributed by atoms with E-state index in [2.05, 4.69) is 44.2 Å². The summed E-state index contributed by atoms with van der Waals surface area (Å²) >= 11 is 0. The third-order valence-corrected chi connectivity index (χ3v) is 2.80. The Hall–Kier alpha value is -1.08. The van der Waals surface area contributed by atoms with E-state index in [-0.39, 0.29) is 6.10 Å². The van der Waals surface area contributed by atoms with Crippen molar-refractivity contribution in [3.8, 4) is 0 Å². The number of hydrogen-bond acceptors (Lipinski definition) is 1. The van der Waals surface area contributed by atoms with Gasteiger partial charge in [-0.15, -0.1) is 0 Å².